The highest BCUT2D eigenvalue weighted by Crippen LogP contribution is 2.04. The van der Waals surface area contributed by atoms with Crippen LogP contribution in [0.1, 0.15) is 6.42 Å². The molecule has 0 aromatic carbocycles. The fraction of sp³-hybridized carbons (Fsp3) is 0.400. The standard InChI is InChI=1S/C7H6O.C3H8N2.H2O/c8-6-7-4-2-1-3-5-7;1-2-5-3-4-1;/h1-4H,5H2;4-5H,1-3H2;1H2. The molecule has 4 N–H and O–H groups in total. The molecule has 0 unspecified atom stereocenters. The zero-order valence-corrected chi connectivity index (χ0v) is 8.05. The predicted molar refractivity (Wildman–Crippen MR) is 56.6 cm³/mol. The van der Waals surface area contributed by atoms with Crippen LogP contribution < -0.4 is 10.6 Å². The summed E-state index contributed by atoms with van der Waals surface area (Å²) >= 11 is 0. The molecule has 0 atom stereocenters. The topological polar surface area (TPSA) is 72.6 Å². The Morgan fingerprint density at radius 1 is 1.21 bits per heavy atom. The minimum Gasteiger partial charge on any atom is -0.412 e. The Bertz CT molecular complexity index is 241. The van der Waals surface area contributed by atoms with Crippen LogP contribution in [0, 0.1) is 0 Å². The molecule has 2 aliphatic rings. The third-order valence-electron chi connectivity index (χ3n) is 1.74. The number of carbonyl (C=O) groups excluding carboxylic acids is 1. The first-order chi connectivity index (χ1) is 6.43. The van der Waals surface area contributed by atoms with Crippen molar-refractivity contribution in [3.05, 3.63) is 29.9 Å². The molecular formula is C10H16N2O2. The minimum atomic E-state index is 0. The lowest BCUT2D eigenvalue weighted by Gasteiger charge is -1.92. The van der Waals surface area contributed by atoms with Crippen molar-refractivity contribution in [1.29, 1.82) is 0 Å². The van der Waals surface area contributed by atoms with Gasteiger partial charge in [-0.25, -0.2) is 4.79 Å². The molecule has 4 heteroatoms. The second-order valence-corrected chi connectivity index (χ2v) is 2.80. The van der Waals surface area contributed by atoms with Gasteiger partial charge in [-0.15, -0.1) is 0 Å². The summed E-state index contributed by atoms with van der Waals surface area (Å²) in [5.41, 5.74) is 0.729. The summed E-state index contributed by atoms with van der Waals surface area (Å²) in [5.74, 6) is 1.83. The van der Waals surface area contributed by atoms with E-state index in [1.807, 2.05) is 24.2 Å². The molecule has 0 aromatic rings. The Labute approximate surface area is 83.7 Å². The number of allylic oxidation sites excluding steroid dienone is 5. The van der Waals surface area contributed by atoms with Crippen LogP contribution in [-0.4, -0.2) is 31.2 Å². The van der Waals surface area contributed by atoms with Gasteiger partial charge in [-0.05, 0) is 6.08 Å². The third kappa shape index (κ3) is 5.45. The van der Waals surface area contributed by atoms with Crippen LogP contribution in [-0.2, 0) is 4.79 Å². The molecule has 0 spiro atoms. The first kappa shape index (κ1) is 12.8. The van der Waals surface area contributed by atoms with Crippen molar-refractivity contribution < 1.29 is 10.3 Å². The Kier molecular flexibility index (Phi) is 7.70. The molecule has 0 aromatic heterocycles. The SMILES string of the molecule is C1CNCN1.O.O=C=C1C=CC=CC1. The van der Waals surface area contributed by atoms with E-state index in [9.17, 15) is 4.79 Å². The van der Waals surface area contributed by atoms with E-state index in [-0.39, 0.29) is 5.48 Å². The largest absolute Gasteiger partial charge is 0.412 e. The van der Waals surface area contributed by atoms with Gasteiger partial charge in [0.25, 0.3) is 0 Å². The summed E-state index contributed by atoms with van der Waals surface area (Å²) in [5, 5.41) is 6.22. The molecule has 0 amide bonds. The zero-order valence-electron chi connectivity index (χ0n) is 8.05. The monoisotopic (exact) mass is 196 g/mol. The van der Waals surface area contributed by atoms with Crippen LogP contribution in [0.25, 0.3) is 0 Å². The molecule has 0 bridgehead atoms. The van der Waals surface area contributed by atoms with E-state index in [0.717, 1.165) is 31.8 Å². The van der Waals surface area contributed by atoms with Crippen LogP contribution in [0.15, 0.2) is 29.9 Å². The molecule has 1 heterocycles. The predicted octanol–water partition coefficient (Wildman–Crippen LogP) is -0.428. The first-order valence-corrected chi connectivity index (χ1v) is 4.42. The summed E-state index contributed by atoms with van der Waals surface area (Å²) < 4.78 is 0. The fourth-order valence-electron chi connectivity index (χ4n) is 1.03. The molecule has 0 radical (unpaired) electrons. The second-order valence-electron chi connectivity index (χ2n) is 2.80. The van der Waals surface area contributed by atoms with Crippen molar-refractivity contribution in [1.82, 2.24) is 10.6 Å². The maximum absolute atomic E-state index is 9.91. The molecule has 78 valence electrons. The van der Waals surface area contributed by atoms with Gasteiger partial charge in [0.1, 0.15) is 5.94 Å². The fourth-order valence-corrected chi connectivity index (χ4v) is 1.03. The average Bonchev–Trinajstić information content (AvgIpc) is 2.77. The third-order valence-corrected chi connectivity index (χ3v) is 1.74. The van der Waals surface area contributed by atoms with Gasteiger partial charge in [-0.1, -0.05) is 18.2 Å². The lowest BCUT2D eigenvalue weighted by molar-refractivity contribution is 0.567. The molecule has 0 saturated carbocycles. The minimum absolute atomic E-state index is 0. The lowest BCUT2D eigenvalue weighted by Crippen LogP contribution is -2.11. The Balaban J connectivity index is 0.000000246. The van der Waals surface area contributed by atoms with Gasteiger partial charge in [0.2, 0.25) is 0 Å². The Morgan fingerprint density at radius 3 is 2.21 bits per heavy atom. The van der Waals surface area contributed by atoms with Gasteiger partial charge in [-0.2, -0.15) is 0 Å². The van der Waals surface area contributed by atoms with E-state index in [0.29, 0.717) is 0 Å². The van der Waals surface area contributed by atoms with Crippen molar-refractivity contribution in [2.45, 2.75) is 6.42 Å². The first-order valence-electron chi connectivity index (χ1n) is 4.42. The quantitative estimate of drug-likeness (QED) is 0.516. The van der Waals surface area contributed by atoms with Gasteiger partial charge >= 0.3 is 0 Å². The van der Waals surface area contributed by atoms with E-state index >= 15 is 0 Å². The summed E-state index contributed by atoms with van der Waals surface area (Å²) in [7, 11) is 0. The lowest BCUT2D eigenvalue weighted by atomic mass is 10.1. The van der Waals surface area contributed by atoms with Crippen LogP contribution in [0.4, 0.5) is 0 Å². The van der Waals surface area contributed by atoms with Crippen LogP contribution in [0.5, 0.6) is 0 Å². The molecule has 1 fully saturated rings. The van der Waals surface area contributed by atoms with Crippen LogP contribution >= 0.6 is 0 Å². The Hall–Kier alpha value is -1.19. The Morgan fingerprint density at radius 2 is 1.93 bits per heavy atom. The summed E-state index contributed by atoms with van der Waals surface area (Å²) in [6, 6.07) is 0. The van der Waals surface area contributed by atoms with Crippen molar-refractivity contribution >= 4 is 5.94 Å². The van der Waals surface area contributed by atoms with Crippen LogP contribution in [0.3, 0.4) is 0 Å². The van der Waals surface area contributed by atoms with Gasteiger partial charge in [0, 0.05) is 31.8 Å². The molecule has 2 rings (SSSR count). The van der Waals surface area contributed by atoms with E-state index in [1.165, 1.54) is 0 Å². The maximum atomic E-state index is 9.91. The maximum Gasteiger partial charge on any atom is 0.128 e. The highest BCUT2D eigenvalue weighted by Gasteiger charge is 1.91. The molecule has 1 aliphatic carbocycles. The molecule has 14 heavy (non-hydrogen) atoms. The van der Waals surface area contributed by atoms with Gasteiger partial charge in [0.15, 0.2) is 0 Å². The number of hydrogen-bond acceptors (Lipinski definition) is 3. The van der Waals surface area contributed by atoms with E-state index in [1.54, 1.807) is 6.08 Å². The van der Waals surface area contributed by atoms with E-state index < -0.39 is 0 Å². The van der Waals surface area contributed by atoms with E-state index in [4.69, 9.17) is 0 Å². The summed E-state index contributed by atoms with van der Waals surface area (Å²) in [4.78, 5) is 9.91. The van der Waals surface area contributed by atoms with Gasteiger partial charge in [0.05, 0.1) is 0 Å². The summed E-state index contributed by atoms with van der Waals surface area (Å²) in [6.07, 6.45) is 8.19. The number of rotatable bonds is 0. The highest BCUT2D eigenvalue weighted by atomic mass is 16.1. The van der Waals surface area contributed by atoms with Crippen molar-refractivity contribution in [2.75, 3.05) is 19.8 Å². The smallest absolute Gasteiger partial charge is 0.128 e. The van der Waals surface area contributed by atoms with Crippen molar-refractivity contribution in [3.63, 3.8) is 0 Å². The van der Waals surface area contributed by atoms with Gasteiger partial charge in [-0.3, -0.25) is 0 Å². The molecule has 4 nitrogen and oxygen atoms in total. The average molecular weight is 196 g/mol. The van der Waals surface area contributed by atoms with Crippen LogP contribution in [0.2, 0.25) is 0 Å². The summed E-state index contributed by atoms with van der Waals surface area (Å²) in [6.45, 7) is 3.28. The molecule has 1 saturated heterocycles. The second kappa shape index (κ2) is 8.41. The van der Waals surface area contributed by atoms with E-state index in [2.05, 4.69) is 10.6 Å². The highest BCUT2D eigenvalue weighted by molar-refractivity contribution is 5.59. The van der Waals surface area contributed by atoms with Crippen molar-refractivity contribution in [3.8, 4) is 0 Å². The van der Waals surface area contributed by atoms with Gasteiger partial charge < -0.3 is 16.1 Å². The molecular weight excluding hydrogens is 180 g/mol. The molecule has 1 aliphatic heterocycles. The number of hydrogen-bond donors (Lipinski definition) is 2. The number of nitrogens with one attached hydrogen (secondary N) is 2. The normalized spacial score (nSPS) is 17.9. The van der Waals surface area contributed by atoms with Crippen molar-refractivity contribution in [2.24, 2.45) is 0 Å². The zero-order chi connectivity index (χ0) is 9.36.